The molecule has 9 heteroatoms. The van der Waals surface area contributed by atoms with Crippen LogP contribution in [-0.4, -0.2) is 59.0 Å². The minimum absolute atomic E-state index is 0.459. The molecule has 0 aliphatic heterocycles. The summed E-state index contributed by atoms with van der Waals surface area (Å²) in [5.74, 6) is -6.45. The summed E-state index contributed by atoms with van der Waals surface area (Å²) in [7, 11) is 0. The quantitative estimate of drug-likeness (QED) is 0.249. The summed E-state index contributed by atoms with van der Waals surface area (Å²) in [4.78, 5) is 34.9. The molecule has 0 aromatic rings. The summed E-state index contributed by atoms with van der Waals surface area (Å²) < 4.78 is 14.6. The molecule has 0 radical (unpaired) electrons. The Balaban J connectivity index is 6.36. The molecular formula is C15H20O9. The SMILES string of the molecule is C=CC(=O)OC(OC(=O)C=C)(OC(=O)C=C)C(CO)(CO)CCO. The Morgan fingerprint density at radius 1 is 0.792 bits per heavy atom. The van der Waals surface area contributed by atoms with E-state index >= 15 is 0 Å². The average Bonchev–Trinajstić information content (AvgIpc) is 2.58. The molecule has 0 amide bonds. The molecule has 24 heavy (non-hydrogen) atoms. The highest BCUT2D eigenvalue weighted by Gasteiger charge is 2.61. The zero-order valence-corrected chi connectivity index (χ0v) is 13.0. The van der Waals surface area contributed by atoms with E-state index in [1.54, 1.807) is 0 Å². The summed E-state index contributed by atoms with van der Waals surface area (Å²) in [5, 5.41) is 28.6. The van der Waals surface area contributed by atoms with Crippen LogP contribution in [0.1, 0.15) is 6.42 Å². The second-order valence-corrected chi connectivity index (χ2v) is 4.50. The molecule has 134 valence electrons. The minimum atomic E-state index is -2.89. The second-order valence-electron chi connectivity index (χ2n) is 4.50. The van der Waals surface area contributed by atoms with Gasteiger partial charge in [0.25, 0.3) is 0 Å². The summed E-state index contributed by atoms with van der Waals surface area (Å²) in [6.45, 7) is 6.86. The first-order chi connectivity index (χ1) is 11.3. The fourth-order valence-corrected chi connectivity index (χ4v) is 1.68. The van der Waals surface area contributed by atoms with Crippen LogP contribution in [0.2, 0.25) is 0 Å². The van der Waals surface area contributed by atoms with Crippen molar-refractivity contribution in [3.63, 3.8) is 0 Å². The van der Waals surface area contributed by atoms with Crippen LogP contribution >= 0.6 is 0 Å². The number of rotatable bonds is 11. The molecule has 0 saturated carbocycles. The van der Waals surface area contributed by atoms with Gasteiger partial charge in [-0.15, -0.1) is 0 Å². The molecule has 0 fully saturated rings. The van der Waals surface area contributed by atoms with Gasteiger partial charge in [0.15, 0.2) is 0 Å². The van der Waals surface area contributed by atoms with Gasteiger partial charge in [-0.3, -0.25) is 0 Å². The molecule has 0 bridgehead atoms. The summed E-state index contributed by atoms with van der Waals surface area (Å²) >= 11 is 0. The molecule has 0 saturated heterocycles. The normalized spacial score (nSPS) is 11.1. The van der Waals surface area contributed by atoms with E-state index in [-0.39, 0.29) is 0 Å². The third kappa shape index (κ3) is 4.75. The number of esters is 3. The summed E-state index contributed by atoms with van der Waals surface area (Å²) in [6.07, 6.45) is 1.57. The van der Waals surface area contributed by atoms with E-state index in [0.29, 0.717) is 18.2 Å². The minimum Gasteiger partial charge on any atom is -0.396 e. The van der Waals surface area contributed by atoms with Crippen molar-refractivity contribution in [1.29, 1.82) is 0 Å². The Kier molecular flexibility index (Phi) is 8.61. The van der Waals surface area contributed by atoms with E-state index < -0.39 is 55.5 Å². The van der Waals surface area contributed by atoms with Crippen molar-refractivity contribution in [2.75, 3.05) is 19.8 Å². The zero-order chi connectivity index (χ0) is 18.8. The third-order valence-corrected chi connectivity index (χ3v) is 3.05. The van der Waals surface area contributed by atoms with Crippen molar-refractivity contribution in [1.82, 2.24) is 0 Å². The smallest absolute Gasteiger partial charge is 0.396 e. The second kappa shape index (κ2) is 9.60. The first-order valence-electron chi connectivity index (χ1n) is 6.69. The van der Waals surface area contributed by atoms with Crippen molar-refractivity contribution in [2.45, 2.75) is 12.4 Å². The molecule has 0 aliphatic carbocycles. The Hall–Kier alpha value is -2.49. The predicted octanol–water partition coefficient (Wildman–Crippen LogP) is -0.819. The predicted molar refractivity (Wildman–Crippen MR) is 79.9 cm³/mol. The van der Waals surface area contributed by atoms with Gasteiger partial charge in [-0.05, 0) is 6.42 Å². The third-order valence-electron chi connectivity index (χ3n) is 3.05. The topological polar surface area (TPSA) is 140 Å². The lowest BCUT2D eigenvalue weighted by molar-refractivity contribution is -0.385. The summed E-state index contributed by atoms with van der Waals surface area (Å²) in [5.41, 5.74) is -2.07. The first kappa shape index (κ1) is 21.5. The molecule has 0 aromatic heterocycles. The maximum atomic E-state index is 11.6. The van der Waals surface area contributed by atoms with Crippen molar-refractivity contribution in [2.24, 2.45) is 5.41 Å². The molecule has 0 aliphatic rings. The number of hydrogen-bond donors (Lipinski definition) is 3. The van der Waals surface area contributed by atoms with Crippen LogP contribution in [-0.2, 0) is 28.6 Å². The molecule has 0 heterocycles. The molecule has 0 aromatic carbocycles. The Bertz CT molecular complexity index is 450. The molecule has 0 unspecified atom stereocenters. The molecule has 9 nitrogen and oxygen atoms in total. The number of ether oxygens (including phenoxy) is 3. The van der Waals surface area contributed by atoms with E-state index in [9.17, 15) is 29.7 Å². The van der Waals surface area contributed by atoms with Gasteiger partial charge in [-0.1, -0.05) is 19.7 Å². The number of hydrogen-bond acceptors (Lipinski definition) is 9. The zero-order valence-electron chi connectivity index (χ0n) is 13.0. The monoisotopic (exact) mass is 344 g/mol. The fraction of sp³-hybridized carbons (Fsp3) is 0.400. The van der Waals surface area contributed by atoms with Crippen molar-refractivity contribution in [3.05, 3.63) is 38.0 Å². The number of aliphatic hydroxyl groups is 3. The molecular weight excluding hydrogens is 324 g/mol. The number of carbonyl (C=O) groups excluding carboxylic acids is 3. The van der Waals surface area contributed by atoms with Gasteiger partial charge in [-0.25, -0.2) is 14.4 Å². The van der Waals surface area contributed by atoms with Gasteiger partial charge in [-0.2, -0.15) is 0 Å². The van der Waals surface area contributed by atoms with Crippen LogP contribution in [0.3, 0.4) is 0 Å². The van der Waals surface area contributed by atoms with Gasteiger partial charge in [0.2, 0.25) is 0 Å². The number of carbonyl (C=O) groups is 3. The van der Waals surface area contributed by atoms with Crippen LogP contribution in [0.25, 0.3) is 0 Å². The van der Waals surface area contributed by atoms with E-state index in [1.165, 1.54) is 0 Å². The van der Waals surface area contributed by atoms with Crippen LogP contribution in [0.15, 0.2) is 38.0 Å². The van der Waals surface area contributed by atoms with E-state index in [2.05, 4.69) is 19.7 Å². The first-order valence-corrected chi connectivity index (χ1v) is 6.69. The van der Waals surface area contributed by atoms with E-state index in [0.717, 1.165) is 0 Å². The van der Waals surface area contributed by atoms with E-state index in [4.69, 9.17) is 14.2 Å². The van der Waals surface area contributed by atoms with Gasteiger partial charge in [0.05, 0.1) is 13.2 Å². The maximum absolute atomic E-state index is 11.6. The average molecular weight is 344 g/mol. The molecule has 0 spiro atoms. The number of aliphatic hydroxyl groups excluding tert-OH is 3. The Morgan fingerprint density at radius 3 is 1.33 bits per heavy atom. The lowest BCUT2D eigenvalue weighted by atomic mass is 9.83. The van der Waals surface area contributed by atoms with Gasteiger partial charge >= 0.3 is 23.9 Å². The fourth-order valence-electron chi connectivity index (χ4n) is 1.68. The van der Waals surface area contributed by atoms with Gasteiger partial charge in [0.1, 0.15) is 5.41 Å². The highest BCUT2D eigenvalue weighted by molar-refractivity contribution is 5.85. The lowest BCUT2D eigenvalue weighted by Gasteiger charge is -2.43. The lowest BCUT2D eigenvalue weighted by Crippen LogP contribution is -2.60. The molecule has 0 atom stereocenters. The van der Waals surface area contributed by atoms with Crippen molar-refractivity contribution >= 4 is 17.9 Å². The Labute approximate surface area is 138 Å². The maximum Gasteiger partial charge on any atom is 0.434 e. The van der Waals surface area contributed by atoms with Crippen LogP contribution in [0.5, 0.6) is 0 Å². The summed E-state index contributed by atoms with van der Waals surface area (Å²) in [6, 6.07) is 0. The highest BCUT2D eigenvalue weighted by atomic mass is 16.9. The van der Waals surface area contributed by atoms with Crippen LogP contribution in [0.4, 0.5) is 0 Å². The standard InChI is InChI=1S/C15H20O9/c1-4-11(19)22-15(23-12(20)5-2,24-13(21)6-3)14(9-17,10-18)7-8-16/h4-6,16-18H,1-3,7-10H2. The van der Waals surface area contributed by atoms with Crippen LogP contribution < -0.4 is 0 Å². The Morgan fingerprint density at radius 2 is 1.12 bits per heavy atom. The largest absolute Gasteiger partial charge is 0.434 e. The van der Waals surface area contributed by atoms with Crippen molar-refractivity contribution < 1.29 is 43.9 Å². The molecule has 0 rings (SSSR count). The highest BCUT2D eigenvalue weighted by Crippen LogP contribution is 2.40. The molecule has 3 N–H and O–H groups in total. The van der Waals surface area contributed by atoms with Crippen LogP contribution in [0, 0.1) is 5.41 Å². The van der Waals surface area contributed by atoms with Crippen molar-refractivity contribution in [3.8, 4) is 0 Å². The van der Waals surface area contributed by atoms with Gasteiger partial charge in [0, 0.05) is 24.8 Å². The van der Waals surface area contributed by atoms with Gasteiger partial charge < -0.3 is 29.5 Å². The van der Waals surface area contributed by atoms with E-state index in [1.807, 2.05) is 0 Å².